The van der Waals surface area contributed by atoms with Crippen molar-refractivity contribution in [3.05, 3.63) is 28.8 Å². The first-order valence-corrected chi connectivity index (χ1v) is 7.34. The Labute approximate surface area is 142 Å². The first-order valence-electron chi connectivity index (χ1n) is 6.96. The average Bonchev–Trinajstić information content (AvgIpc) is 2.94. The largest absolute Gasteiger partial charge is 0.496 e. The highest BCUT2D eigenvalue weighted by molar-refractivity contribution is 6.30. The van der Waals surface area contributed by atoms with Crippen molar-refractivity contribution in [1.82, 2.24) is 10.6 Å². The fourth-order valence-electron chi connectivity index (χ4n) is 2.67. The topological polar surface area (TPSA) is 59.6 Å². The van der Waals surface area contributed by atoms with Gasteiger partial charge >= 0.3 is 0 Å². The van der Waals surface area contributed by atoms with Gasteiger partial charge in [-0.25, -0.2) is 0 Å². The normalized spacial score (nSPS) is 20.3. The Morgan fingerprint density at radius 2 is 2.23 bits per heavy atom. The summed E-state index contributed by atoms with van der Waals surface area (Å²) >= 11 is 5.91. The van der Waals surface area contributed by atoms with Gasteiger partial charge in [-0.3, -0.25) is 4.79 Å². The average molecular weight is 349 g/mol. The Kier molecular flexibility index (Phi) is 7.42. The molecule has 0 saturated carbocycles. The summed E-state index contributed by atoms with van der Waals surface area (Å²) in [5.74, 6) is 0.299. The second-order valence-electron chi connectivity index (χ2n) is 5.27. The summed E-state index contributed by atoms with van der Waals surface area (Å²) in [5.41, 5.74) is 0.303. The molecular weight excluding hydrogens is 327 g/mol. The van der Waals surface area contributed by atoms with Crippen LogP contribution in [0.1, 0.15) is 23.2 Å². The summed E-state index contributed by atoms with van der Waals surface area (Å²) in [6, 6.07) is 4.98. The number of halogens is 2. The fourth-order valence-corrected chi connectivity index (χ4v) is 2.83. The summed E-state index contributed by atoms with van der Waals surface area (Å²) in [6.07, 6.45) is 2.07. The number of amides is 1. The van der Waals surface area contributed by atoms with Crippen LogP contribution in [-0.2, 0) is 4.74 Å². The molecule has 1 atom stereocenters. The van der Waals surface area contributed by atoms with Crippen molar-refractivity contribution in [1.29, 1.82) is 0 Å². The lowest BCUT2D eigenvalue weighted by Gasteiger charge is -2.29. The number of ether oxygens (including phenoxy) is 2. The molecule has 0 bridgehead atoms. The molecule has 1 amide bonds. The number of hydrogen-bond donors (Lipinski definition) is 2. The van der Waals surface area contributed by atoms with E-state index in [0.717, 1.165) is 19.4 Å². The highest BCUT2D eigenvalue weighted by Crippen LogP contribution is 2.24. The Morgan fingerprint density at radius 3 is 2.82 bits per heavy atom. The van der Waals surface area contributed by atoms with Gasteiger partial charge in [-0.1, -0.05) is 11.6 Å². The quantitative estimate of drug-likeness (QED) is 0.827. The molecule has 1 unspecified atom stereocenters. The van der Waals surface area contributed by atoms with Crippen molar-refractivity contribution < 1.29 is 14.3 Å². The Bertz CT molecular complexity index is 506. The summed E-state index contributed by atoms with van der Waals surface area (Å²) in [4.78, 5) is 12.3. The minimum absolute atomic E-state index is 0. The summed E-state index contributed by atoms with van der Waals surface area (Å²) in [7, 11) is 3.19. The van der Waals surface area contributed by atoms with Gasteiger partial charge in [0.1, 0.15) is 5.75 Å². The van der Waals surface area contributed by atoms with Crippen molar-refractivity contribution >= 4 is 29.9 Å². The zero-order valence-corrected chi connectivity index (χ0v) is 14.4. The van der Waals surface area contributed by atoms with E-state index in [-0.39, 0.29) is 23.9 Å². The first-order chi connectivity index (χ1) is 10.1. The molecule has 1 aliphatic rings. The van der Waals surface area contributed by atoms with Gasteiger partial charge in [-0.15, -0.1) is 12.4 Å². The van der Waals surface area contributed by atoms with Gasteiger partial charge < -0.3 is 20.1 Å². The summed E-state index contributed by atoms with van der Waals surface area (Å²) in [6.45, 7) is 2.04. The van der Waals surface area contributed by atoms with E-state index < -0.39 is 0 Å². The van der Waals surface area contributed by atoms with Gasteiger partial charge in [-0.2, -0.15) is 0 Å². The Balaban J connectivity index is 0.00000242. The predicted molar refractivity (Wildman–Crippen MR) is 89.4 cm³/mol. The fraction of sp³-hybridized carbons (Fsp3) is 0.533. The Morgan fingerprint density at radius 1 is 1.45 bits per heavy atom. The molecule has 2 rings (SSSR count). The number of rotatable bonds is 6. The minimum atomic E-state index is -0.177. The van der Waals surface area contributed by atoms with Crippen molar-refractivity contribution in [3.63, 3.8) is 0 Å². The number of carbonyl (C=O) groups excluding carboxylic acids is 1. The first kappa shape index (κ1) is 19.0. The van der Waals surface area contributed by atoms with Crippen LogP contribution in [0.4, 0.5) is 0 Å². The van der Waals surface area contributed by atoms with Crippen LogP contribution in [-0.4, -0.2) is 45.4 Å². The molecule has 5 nitrogen and oxygen atoms in total. The van der Waals surface area contributed by atoms with Crippen LogP contribution in [0.2, 0.25) is 5.02 Å². The van der Waals surface area contributed by atoms with E-state index in [1.807, 2.05) is 0 Å². The number of nitrogens with one attached hydrogen (secondary N) is 2. The molecule has 1 aromatic rings. The van der Waals surface area contributed by atoms with E-state index >= 15 is 0 Å². The maximum absolute atomic E-state index is 12.3. The van der Waals surface area contributed by atoms with Crippen molar-refractivity contribution in [2.45, 2.75) is 18.4 Å². The van der Waals surface area contributed by atoms with Crippen molar-refractivity contribution in [2.75, 3.05) is 33.9 Å². The SMILES string of the molecule is COCC1(CNC(=O)c2ccc(Cl)cc2OC)CCCN1.Cl. The molecule has 1 saturated heterocycles. The number of carbonyl (C=O) groups is 1. The third-order valence-electron chi connectivity index (χ3n) is 3.75. The van der Waals surface area contributed by atoms with Gasteiger partial charge in [0.05, 0.1) is 24.8 Å². The molecule has 0 aliphatic carbocycles. The summed E-state index contributed by atoms with van der Waals surface area (Å²) in [5, 5.41) is 6.92. The minimum Gasteiger partial charge on any atom is -0.496 e. The van der Waals surface area contributed by atoms with Crippen LogP contribution in [0.25, 0.3) is 0 Å². The highest BCUT2D eigenvalue weighted by Gasteiger charge is 2.34. The van der Waals surface area contributed by atoms with Crippen LogP contribution >= 0.6 is 24.0 Å². The molecule has 0 radical (unpaired) electrons. The predicted octanol–water partition coefficient (Wildman–Crippen LogP) is 2.27. The van der Waals surface area contributed by atoms with Gasteiger partial charge in [0, 0.05) is 18.7 Å². The van der Waals surface area contributed by atoms with Crippen LogP contribution in [0.5, 0.6) is 5.75 Å². The van der Waals surface area contributed by atoms with Gasteiger partial charge in [0.2, 0.25) is 0 Å². The van der Waals surface area contributed by atoms with E-state index in [4.69, 9.17) is 21.1 Å². The third-order valence-corrected chi connectivity index (χ3v) is 3.98. The van der Waals surface area contributed by atoms with Crippen LogP contribution < -0.4 is 15.4 Å². The summed E-state index contributed by atoms with van der Waals surface area (Å²) < 4.78 is 10.5. The molecule has 1 heterocycles. The second-order valence-corrected chi connectivity index (χ2v) is 5.71. The number of methoxy groups -OCH3 is 2. The standard InChI is InChI=1S/C15H21ClN2O3.ClH/c1-20-10-15(6-3-7-18-15)9-17-14(19)12-5-4-11(16)8-13(12)21-2;/h4-5,8,18H,3,6-7,9-10H2,1-2H3,(H,17,19);1H. The molecule has 2 N–H and O–H groups in total. The zero-order chi connectivity index (χ0) is 15.3. The van der Waals surface area contributed by atoms with Crippen molar-refractivity contribution in [3.8, 4) is 5.75 Å². The van der Waals surface area contributed by atoms with Crippen LogP contribution in [0, 0.1) is 0 Å². The number of benzene rings is 1. The zero-order valence-electron chi connectivity index (χ0n) is 12.8. The molecular formula is C15H22Cl2N2O3. The van der Waals surface area contributed by atoms with Crippen LogP contribution in [0.3, 0.4) is 0 Å². The molecule has 1 aromatic carbocycles. The molecule has 0 spiro atoms. The van der Waals surface area contributed by atoms with Crippen molar-refractivity contribution in [2.24, 2.45) is 0 Å². The highest BCUT2D eigenvalue weighted by atomic mass is 35.5. The van der Waals surface area contributed by atoms with E-state index in [1.165, 1.54) is 7.11 Å². The molecule has 1 aliphatic heterocycles. The molecule has 0 aromatic heterocycles. The lowest BCUT2D eigenvalue weighted by atomic mass is 9.98. The third kappa shape index (κ3) is 4.49. The second kappa shape index (κ2) is 8.58. The monoisotopic (exact) mass is 348 g/mol. The number of hydrogen-bond acceptors (Lipinski definition) is 4. The van der Waals surface area contributed by atoms with Gasteiger partial charge in [0.15, 0.2) is 0 Å². The van der Waals surface area contributed by atoms with Crippen LogP contribution in [0.15, 0.2) is 18.2 Å². The van der Waals surface area contributed by atoms with E-state index in [2.05, 4.69) is 10.6 Å². The van der Waals surface area contributed by atoms with E-state index in [9.17, 15) is 4.79 Å². The lowest BCUT2D eigenvalue weighted by molar-refractivity contribution is 0.0889. The molecule has 1 fully saturated rings. The van der Waals surface area contributed by atoms with Gasteiger partial charge in [-0.05, 0) is 37.6 Å². The lowest BCUT2D eigenvalue weighted by Crippen LogP contribution is -2.53. The van der Waals surface area contributed by atoms with E-state index in [1.54, 1.807) is 25.3 Å². The maximum Gasteiger partial charge on any atom is 0.255 e. The molecule has 124 valence electrons. The molecule has 22 heavy (non-hydrogen) atoms. The maximum atomic E-state index is 12.3. The smallest absolute Gasteiger partial charge is 0.255 e. The van der Waals surface area contributed by atoms with E-state index in [0.29, 0.717) is 29.5 Å². The Hall–Kier alpha value is -1.01. The molecule has 7 heteroatoms. The van der Waals surface area contributed by atoms with Gasteiger partial charge in [0.25, 0.3) is 5.91 Å².